The number of carbonyl (C=O) groups excluding carboxylic acids is 1. The summed E-state index contributed by atoms with van der Waals surface area (Å²) in [7, 11) is 1.75. The average molecular weight is 369 g/mol. The van der Waals surface area contributed by atoms with Gasteiger partial charge in [0.2, 0.25) is 5.91 Å². The topological polar surface area (TPSA) is 40.5 Å². The van der Waals surface area contributed by atoms with Gasteiger partial charge < -0.3 is 10.0 Å². The number of carbonyl (C=O) groups is 1. The Hall–Kier alpha value is -2.24. The molecule has 0 saturated carbocycles. The molecule has 1 saturated heterocycles. The lowest BCUT2D eigenvalue weighted by Gasteiger charge is -2.29. The summed E-state index contributed by atoms with van der Waals surface area (Å²) in [5, 5.41) is 12.0. The number of nitrogens with zero attached hydrogens (tertiary/aromatic N) is 1. The van der Waals surface area contributed by atoms with Crippen LogP contribution in [0.15, 0.2) is 48.5 Å². The van der Waals surface area contributed by atoms with Crippen LogP contribution in [0.2, 0.25) is 0 Å². The van der Waals surface area contributed by atoms with E-state index in [0.29, 0.717) is 6.42 Å². The van der Waals surface area contributed by atoms with Crippen LogP contribution in [0, 0.1) is 12.7 Å². The minimum Gasteiger partial charge on any atom is -0.385 e. The first kappa shape index (κ1) is 17.2. The fourth-order valence-electron chi connectivity index (χ4n) is 3.99. The summed E-state index contributed by atoms with van der Waals surface area (Å²) in [6, 6.07) is 14.2. The number of hydrogen-bond donors (Lipinski definition) is 1. The van der Waals surface area contributed by atoms with Crippen LogP contribution in [0.3, 0.4) is 0 Å². The summed E-state index contributed by atoms with van der Waals surface area (Å²) in [5.41, 5.74) is 1.94. The molecular formula is C21H20FNO2S. The Labute approximate surface area is 155 Å². The van der Waals surface area contributed by atoms with Crippen LogP contribution in [-0.2, 0) is 4.79 Å². The number of amides is 1. The molecule has 1 aliphatic heterocycles. The zero-order valence-corrected chi connectivity index (χ0v) is 15.5. The Kier molecular flexibility index (Phi) is 4.29. The Morgan fingerprint density at radius 3 is 2.69 bits per heavy atom. The van der Waals surface area contributed by atoms with Gasteiger partial charge in [-0.05, 0) is 41.6 Å². The highest BCUT2D eigenvalue weighted by atomic mass is 32.1. The Bertz CT molecular complexity index is 969. The van der Waals surface area contributed by atoms with Crippen LogP contribution in [-0.4, -0.2) is 29.0 Å². The molecule has 2 heterocycles. The van der Waals surface area contributed by atoms with Gasteiger partial charge in [0.1, 0.15) is 11.9 Å². The highest BCUT2D eigenvalue weighted by Gasteiger charge is 2.43. The van der Waals surface area contributed by atoms with Crippen LogP contribution in [0.1, 0.15) is 34.4 Å². The quantitative estimate of drug-likeness (QED) is 0.743. The van der Waals surface area contributed by atoms with Crippen molar-refractivity contribution in [1.82, 2.24) is 4.90 Å². The second-order valence-corrected chi connectivity index (χ2v) is 7.98. The normalized spacial score (nSPS) is 21.5. The van der Waals surface area contributed by atoms with E-state index in [1.165, 1.54) is 23.5 Å². The van der Waals surface area contributed by atoms with Crippen LogP contribution in [0.5, 0.6) is 0 Å². The third kappa shape index (κ3) is 2.72. The SMILES string of the molecule is Cc1c([C@@H](O)[C@H]2[C@@H](c3ccccc3)CC(=O)N2C)sc2ccc(F)cc12. The van der Waals surface area contributed by atoms with Crippen molar-refractivity contribution in [1.29, 1.82) is 0 Å². The molecule has 5 heteroatoms. The largest absolute Gasteiger partial charge is 0.385 e. The molecule has 4 rings (SSSR count). The van der Waals surface area contributed by atoms with Crippen LogP contribution >= 0.6 is 11.3 Å². The molecule has 3 nitrogen and oxygen atoms in total. The highest BCUT2D eigenvalue weighted by molar-refractivity contribution is 7.19. The van der Waals surface area contributed by atoms with Gasteiger partial charge >= 0.3 is 0 Å². The highest BCUT2D eigenvalue weighted by Crippen LogP contribution is 2.44. The zero-order valence-electron chi connectivity index (χ0n) is 14.6. The molecule has 0 aliphatic carbocycles. The molecule has 1 N–H and O–H groups in total. The molecule has 134 valence electrons. The van der Waals surface area contributed by atoms with Gasteiger partial charge in [-0.1, -0.05) is 30.3 Å². The maximum absolute atomic E-state index is 13.6. The predicted molar refractivity (Wildman–Crippen MR) is 102 cm³/mol. The van der Waals surface area contributed by atoms with Gasteiger partial charge in [-0.25, -0.2) is 4.39 Å². The molecule has 1 fully saturated rings. The van der Waals surface area contributed by atoms with E-state index in [4.69, 9.17) is 0 Å². The number of fused-ring (bicyclic) bond motifs is 1. The number of aliphatic hydroxyl groups excluding tert-OH is 1. The van der Waals surface area contributed by atoms with Gasteiger partial charge in [-0.3, -0.25) is 4.79 Å². The minimum atomic E-state index is -0.808. The molecule has 0 bridgehead atoms. The number of aliphatic hydroxyl groups is 1. The molecule has 1 aliphatic rings. The predicted octanol–water partition coefficient (Wildman–Crippen LogP) is 4.40. The van der Waals surface area contributed by atoms with Gasteiger partial charge in [-0.15, -0.1) is 11.3 Å². The molecule has 3 atom stereocenters. The lowest BCUT2D eigenvalue weighted by atomic mass is 9.87. The molecule has 3 aromatic rings. The number of likely N-dealkylation sites (tertiary alicyclic amines) is 1. The molecule has 0 spiro atoms. The van der Waals surface area contributed by atoms with Gasteiger partial charge in [0.25, 0.3) is 0 Å². The third-order valence-corrected chi connectivity index (χ3v) is 6.75. The summed E-state index contributed by atoms with van der Waals surface area (Å²) in [4.78, 5) is 14.8. The summed E-state index contributed by atoms with van der Waals surface area (Å²) < 4.78 is 14.6. The van der Waals surface area contributed by atoms with Crippen molar-refractivity contribution < 1.29 is 14.3 Å². The maximum atomic E-state index is 13.6. The van der Waals surface area contributed by atoms with Crippen molar-refractivity contribution in [2.45, 2.75) is 31.4 Å². The molecular weight excluding hydrogens is 349 g/mol. The van der Waals surface area contributed by atoms with Crippen LogP contribution in [0.4, 0.5) is 4.39 Å². The fourth-order valence-corrected chi connectivity index (χ4v) is 5.20. The van der Waals surface area contributed by atoms with E-state index in [0.717, 1.165) is 26.1 Å². The van der Waals surface area contributed by atoms with E-state index in [-0.39, 0.29) is 23.7 Å². The molecule has 2 aromatic carbocycles. The number of likely N-dealkylation sites (N-methyl/N-ethyl adjacent to an activating group) is 1. The van der Waals surface area contributed by atoms with E-state index in [1.54, 1.807) is 18.0 Å². The maximum Gasteiger partial charge on any atom is 0.223 e. The standard InChI is InChI=1S/C21H20FNO2S/c1-12-15-10-14(22)8-9-17(15)26-21(12)20(25)19-16(11-18(24)23(19)2)13-6-4-3-5-7-13/h3-10,16,19-20,25H,11H2,1-2H3/t16-,19-,20+/m1/s1. The Morgan fingerprint density at radius 2 is 1.96 bits per heavy atom. The second kappa shape index (κ2) is 6.49. The van der Waals surface area contributed by atoms with Crippen molar-refractivity contribution in [2.75, 3.05) is 7.05 Å². The molecule has 1 aromatic heterocycles. The minimum absolute atomic E-state index is 0.0349. The number of hydrogen-bond acceptors (Lipinski definition) is 3. The zero-order chi connectivity index (χ0) is 18.4. The summed E-state index contributed by atoms with van der Waals surface area (Å²) in [5.74, 6) is -0.312. The summed E-state index contributed by atoms with van der Waals surface area (Å²) >= 11 is 1.47. The van der Waals surface area contributed by atoms with E-state index >= 15 is 0 Å². The van der Waals surface area contributed by atoms with E-state index in [2.05, 4.69) is 0 Å². The Morgan fingerprint density at radius 1 is 1.23 bits per heavy atom. The number of halogens is 1. The lowest BCUT2D eigenvalue weighted by molar-refractivity contribution is -0.128. The first-order chi connectivity index (χ1) is 12.5. The fraction of sp³-hybridized carbons (Fsp3) is 0.286. The van der Waals surface area contributed by atoms with Crippen molar-refractivity contribution >= 4 is 27.3 Å². The smallest absolute Gasteiger partial charge is 0.223 e. The number of benzene rings is 2. The average Bonchev–Trinajstić information content (AvgIpc) is 3.13. The summed E-state index contributed by atoms with van der Waals surface area (Å²) in [6.07, 6.45) is -0.419. The van der Waals surface area contributed by atoms with E-state index < -0.39 is 6.10 Å². The monoisotopic (exact) mass is 369 g/mol. The van der Waals surface area contributed by atoms with Gasteiger partial charge in [0.15, 0.2) is 0 Å². The van der Waals surface area contributed by atoms with Crippen molar-refractivity contribution in [3.63, 3.8) is 0 Å². The van der Waals surface area contributed by atoms with E-state index in [9.17, 15) is 14.3 Å². The molecule has 0 radical (unpaired) electrons. The molecule has 26 heavy (non-hydrogen) atoms. The number of rotatable bonds is 3. The first-order valence-electron chi connectivity index (χ1n) is 8.64. The van der Waals surface area contributed by atoms with E-state index in [1.807, 2.05) is 37.3 Å². The van der Waals surface area contributed by atoms with Gasteiger partial charge in [0, 0.05) is 29.0 Å². The number of aryl methyl sites for hydroxylation is 1. The summed E-state index contributed by atoms with van der Waals surface area (Å²) in [6.45, 7) is 1.91. The Balaban J connectivity index is 1.77. The molecule has 0 unspecified atom stereocenters. The first-order valence-corrected chi connectivity index (χ1v) is 9.46. The lowest BCUT2D eigenvalue weighted by Crippen LogP contribution is -2.36. The van der Waals surface area contributed by atoms with Crippen molar-refractivity contribution in [2.24, 2.45) is 0 Å². The van der Waals surface area contributed by atoms with Crippen LogP contribution < -0.4 is 0 Å². The van der Waals surface area contributed by atoms with Crippen molar-refractivity contribution in [3.05, 3.63) is 70.4 Å². The molecule has 1 amide bonds. The third-order valence-electron chi connectivity index (χ3n) is 5.40. The van der Waals surface area contributed by atoms with Crippen LogP contribution in [0.25, 0.3) is 10.1 Å². The number of thiophene rings is 1. The van der Waals surface area contributed by atoms with Gasteiger partial charge in [0.05, 0.1) is 6.04 Å². The van der Waals surface area contributed by atoms with Gasteiger partial charge in [-0.2, -0.15) is 0 Å². The second-order valence-electron chi connectivity index (χ2n) is 6.89. The van der Waals surface area contributed by atoms with Crippen molar-refractivity contribution in [3.8, 4) is 0 Å².